The number of nitrogens with one attached hydrogen (secondary N) is 11. The van der Waals surface area contributed by atoms with Gasteiger partial charge in [-0.3, -0.25) is 39.6 Å². The zero-order valence-electron chi connectivity index (χ0n) is 55.6. The number of carbonyl (C=O) groups is 6. The van der Waals surface area contributed by atoms with Gasteiger partial charge in [0.05, 0.1) is 45.1 Å². The molecule has 11 rings (SSSR count). The maximum absolute atomic E-state index is 15.3. The minimum atomic E-state index is -2.36. The van der Waals surface area contributed by atoms with Gasteiger partial charge in [0.15, 0.2) is 30.7 Å². The lowest BCUT2D eigenvalue weighted by Gasteiger charge is -2.48. The number of fused-ring (bicyclic) bond motifs is 1. The van der Waals surface area contributed by atoms with E-state index < -0.39 is 239 Å². The number of nitrogens with zero attached hydrogens (tertiary/aromatic N) is 1. The van der Waals surface area contributed by atoms with Crippen LogP contribution < -0.4 is 52.6 Å². The SMILES string of the molecule is CCC(c1ccccc1)C1NC(=O)CNC(=O)C(CO)NC(=O)C(C(O)C2CNC(=N)N2C2OC(CO)C(O)C(O)C2O)NC(=O)C(C(O)C2CNC(=N)N2)NC(=O)C(Cc2ccc(OC3OC(CO)C(OC4OC5COC(c6ccc(-c7cccs7)cc6)OC5C(O)C4O)C(O)C3O)cc2)NC1=O. The number of rotatable bonds is 19. The van der Waals surface area contributed by atoms with Crippen molar-refractivity contribution in [3.8, 4) is 16.2 Å². The fourth-order valence-electron chi connectivity index (χ4n) is 13.5. The minimum Gasteiger partial charge on any atom is -0.462 e. The molecule has 1 aromatic heterocycles. The van der Waals surface area contributed by atoms with Crippen LogP contribution in [0.15, 0.2) is 96.4 Å². The number of aliphatic hydroxyl groups is 12. The first kappa shape index (κ1) is 76.9. The average Bonchev–Trinajstić information content (AvgIpc) is 1.43. The molecule has 104 heavy (non-hydrogen) atoms. The van der Waals surface area contributed by atoms with Gasteiger partial charge in [-0.2, -0.15) is 0 Å². The Morgan fingerprint density at radius 3 is 1.93 bits per heavy atom. The number of guanidine groups is 2. The van der Waals surface area contributed by atoms with Crippen molar-refractivity contribution < 1.29 is 123 Å². The first-order valence-corrected chi connectivity index (χ1v) is 34.5. The van der Waals surface area contributed by atoms with E-state index in [9.17, 15) is 75.7 Å². The van der Waals surface area contributed by atoms with E-state index in [1.807, 2.05) is 41.8 Å². The minimum absolute atomic E-state index is 0.0484. The highest BCUT2D eigenvalue weighted by Crippen LogP contribution is 2.38. The van der Waals surface area contributed by atoms with Crippen LogP contribution in [0.4, 0.5) is 0 Å². The Balaban J connectivity index is 0.837. The Labute approximate surface area is 597 Å². The van der Waals surface area contributed by atoms with Crippen LogP contribution in [0.2, 0.25) is 0 Å². The highest BCUT2D eigenvalue weighted by Gasteiger charge is 2.56. The number of aliphatic hydroxyl groups excluding tert-OH is 12. The highest BCUT2D eigenvalue weighted by molar-refractivity contribution is 7.13. The fraction of sp³-hybridized carbons (Fsp3) is 0.545. The molecule has 0 bridgehead atoms. The molecule has 0 aliphatic carbocycles. The van der Waals surface area contributed by atoms with E-state index in [1.54, 1.807) is 48.6 Å². The van der Waals surface area contributed by atoms with Crippen LogP contribution in [0, 0.1) is 10.8 Å². The zero-order valence-corrected chi connectivity index (χ0v) is 56.5. The number of hydrogen-bond acceptors (Lipinski definition) is 28. The summed E-state index contributed by atoms with van der Waals surface area (Å²) in [4.78, 5) is 90.0. The second kappa shape index (κ2) is 33.9. The molecule has 37 nitrogen and oxygen atoms in total. The highest BCUT2D eigenvalue weighted by atomic mass is 32.1. The molecule has 6 amide bonds. The molecule has 7 fully saturated rings. The van der Waals surface area contributed by atoms with Crippen LogP contribution in [-0.4, -0.2) is 306 Å². The summed E-state index contributed by atoms with van der Waals surface area (Å²) in [7, 11) is 0. The number of benzene rings is 3. The first-order chi connectivity index (χ1) is 49.9. The molecule has 8 heterocycles. The summed E-state index contributed by atoms with van der Waals surface area (Å²) in [6.07, 6.45) is -30.8. The van der Waals surface area contributed by atoms with Gasteiger partial charge in [0, 0.05) is 35.9 Å². The van der Waals surface area contributed by atoms with E-state index in [4.69, 9.17) is 44.0 Å². The molecule has 0 radical (unpaired) electrons. The zero-order chi connectivity index (χ0) is 74.4. The normalized spacial score (nSPS) is 35.7. The number of amides is 6. The summed E-state index contributed by atoms with van der Waals surface area (Å²) in [6.45, 7) is -2.98. The van der Waals surface area contributed by atoms with E-state index >= 15 is 14.4 Å². The molecule has 0 spiro atoms. The van der Waals surface area contributed by atoms with E-state index in [0.717, 1.165) is 15.3 Å². The smallest absolute Gasteiger partial charge is 0.246 e. The number of thiophene rings is 1. The first-order valence-electron chi connectivity index (χ1n) is 33.7. The van der Waals surface area contributed by atoms with Crippen LogP contribution in [0.25, 0.3) is 10.4 Å². The summed E-state index contributed by atoms with van der Waals surface area (Å²) in [5.41, 5.74) is 2.38. The average molecular weight is 1480 g/mol. The van der Waals surface area contributed by atoms with Crippen LogP contribution >= 0.6 is 11.3 Å². The molecule has 26 unspecified atom stereocenters. The molecule has 7 aliphatic heterocycles. The Morgan fingerprint density at radius 1 is 0.596 bits per heavy atom. The van der Waals surface area contributed by atoms with Crippen LogP contribution in [-0.2, 0) is 63.6 Å². The summed E-state index contributed by atoms with van der Waals surface area (Å²) in [5.74, 6) is -9.13. The monoisotopic (exact) mass is 1480 g/mol. The number of hydrogen-bond donors (Lipinski definition) is 23. The molecule has 566 valence electrons. The Bertz CT molecular complexity index is 3630. The van der Waals surface area contributed by atoms with Crippen LogP contribution in [0.1, 0.15) is 42.2 Å². The fourth-order valence-corrected chi connectivity index (χ4v) is 14.3. The summed E-state index contributed by atoms with van der Waals surface area (Å²) >= 11 is 1.58. The van der Waals surface area contributed by atoms with Gasteiger partial charge in [-0.25, -0.2) is 0 Å². The summed E-state index contributed by atoms with van der Waals surface area (Å²) in [5, 5.41) is 175. The van der Waals surface area contributed by atoms with Crippen molar-refractivity contribution in [1.82, 2.24) is 52.8 Å². The number of ether oxygens (including phenoxy) is 7. The van der Waals surface area contributed by atoms with Crippen molar-refractivity contribution in [2.24, 2.45) is 0 Å². The van der Waals surface area contributed by atoms with E-state index in [-0.39, 0.29) is 36.8 Å². The van der Waals surface area contributed by atoms with Crippen molar-refractivity contribution in [3.05, 3.63) is 113 Å². The second-order valence-electron chi connectivity index (χ2n) is 26.0. The van der Waals surface area contributed by atoms with Gasteiger partial charge < -0.3 is 147 Å². The van der Waals surface area contributed by atoms with Crippen molar-refractivity contribution in [2.75, 3.05) is 46.1 Å². The van der Waals surface area contributed by atoms with Crippen molar-refractivity contribution in [3.63, 3.8) is 0 Å². The lowest BCUT2D eigenvalue weighted by atomic mass is 9.88. The standard InChI is InChI=1S/C66H86N12O25S/c1-2-32(28-7-4-3-5-8-28)42-58(94)72-33(19-27-10-16-31(17-11-27)98-63-52(90)49(87)54(38(25-81)100-63)103-64-53(91)50(88)55-39(101-64)26-97-62(102-55)30-14-12-29(13-15-30)40-9-6-18-104-40)57(93)76-43(45(83)34-20-70-65(67)74-34)60(96)77-44(59(95)73-35(23-79)56(92)69-22-41(82)75-42)46(84)36-21-71-66(68)78(36)61-51(89)48(86)47(85)37(24-80)99-61/h3-18,32-39,42-55,61-64,79-81,83-91H,2,19-26H2,1H3,(H2,68,71)(H,69,92)(H,72,94)(H,73,95)(H,75,82)(H,76,93)(H,77,96)(H3,67,70,74). The lowest BCUT2D eigenvalue weighted by Crippen LogP contribution is -2.69. The Kier molecular flexibility index (Phi) is 25.1. The summed E-state index contributed by atoms with van der Waals surface area (Å²) < 4.78 is 41.7. The molecular weight excluding hydrogens is 1390 g/mol. The Hall–Kier alpha value is -8.20. The Morgan fingerprint density at radius 2 is 1.27 bits per heavy atom. The van der Waals surface area contributed by atoms with Crippen molar-refractivity contribution in [1.29, 1.82) is 10.8 Å². The molecule has 26 atom stereocenters. The molecule has 4 aromatic rings. The van der Waals surface area contributed by atoms with Crippen LogP contribution in [0.5, 0.6) is 5.75 Å². The summed E-state index contributed by atoms with van der Waals surface area (Å²) in [6, 6.07) is 12.4. The van der Waals surface area contributed by atoms with E-state index in [0.29, 0.717) is 11.1 Å². The van der Waals surface area contributed by atoms with Gasteiger partial charge in [0.25, 0.3) is 0 Å². The topological polar surface area (TPSA) is 569 Å². The van der Waals surface area contributed by atoms with E-state index in [2.05, 4.69) is 47.9 Å². The molecule has 38 heteroatoms. The van der Waals surface area contributed by atoms with Gasteiger partial charge in [-0.15, -0.1) is 11.3 Å². The molecule has 3 aromatic carbocycles. The van der Waals surface area contributed by atoms with Crippen LogP contribution in [0.3, 0.4) is 0 Å². The lowest BCUT2D eigenvalue weighted by molar-refractivity contribution is -0.383. The van der Waals surface area contributed by atoms with Gasteiger partial charge in [-0.05, 0) is 46.7 Å². The van der Waals surface area contributed by atoms with Gasteiger partial charge in [-0.1, -0.05) is 79.7 Å². The quantitative estimate of drug-likeness (QED) is 0.0415. The maximum Gasteiger partial charge on any atom is 0.246 e. The largest absolute Gasteiger partial charge is 0.462 e. The third-order valence-electron chi connectivity index (χ3n) is 19.3. The predicted molar refractivity (Wildman–Crippen MR) is 356 cm³/mol. The third kappa shape index (κ3) is 16.9. The molecule has 23 N–H and O–H groups in total. The maximum atomic E-state index is 15.3. The van der Waals surface area contributed by atoms with Gasteiger partial charge in [0.1, 0.15) is 121 Å². The predicted octanol–water partition coefficient (Wildman–Crippen LogP) is -8.31. The van der Waals surface area contributed by atoms with Crippen molar-refractivity contribution >= 4 is 58.7 Å². The molecule has 0 saturated carbocycles. The molecule has 7 saturated heterocycles. The van der Waals surface area contributed by atoms with Gasteiger partial charge >= 0.3 is 0 Å². The third-order valence-corrected chi connectivity index (χ3v) is 20.2. The number of carbonyl (C=O) groups excluding carboxylic acids is 6. The van der Waals surface area contributed by atoms with E-state index in [1.165, 1.54) is 24.3 Å². The molecular formula is C66H86N12O25S. The van der Waals surface area contributed by atoms with Crippen molar-refractivity contribution in [2.45, 2.75) is 179 Å². The second-order valence-corrected chi connectivity index (χ2v) is 27.0. The molecule has 7 aliphatic rings. The van der Waals surface area contributed by atoms with Gasteiger partial charge in [0.2, 0.25) is 41.7 Å².